The van der Waals surface area contributed by atoms with Crippen LogP contribution >= 0.6 is 0 Å². The van der Waals surface area contributed by atoms with Gasteiger partial charge in [0.05, 0.1) is 6.26 Å². The van der Waals surface area contributed by atoms with Crippen LogP contribution in [0.15, 0.2) is 65.3 Å². The average molecular weight is 460 g/mol. The summed E-state index contributed by atoms with van der Waals surface area (Å²) in [7, 11) is 0. The maximum Gasteiger partial charge on any atom is 0.247 e. The fourth-order valence-corrected chi connectivity index (χ4v) is 5.80. The zero-order chi connectivity index (χ0) is 23.7. The minimum absolute atomic E-state index is 0.0248. The molecule has 2 aliphatic rings. The third-order valence-corrected chi connectivity index (χ3v) is 7.76. The summed E-state index contributed by atoms with van der Waals surface area (Å²) in [6.45, 7) is 2.66. The summed E-state index contributed by atoms with van der Waals surface area (Å²) in [5, 5.41) is 4.02. The van der Waals surface area contributed by atoms with Crippen LogP contribution in [0, 0.1) is 11.8 Å². The van der Waals surface area contributed by atoms with Crippen molar-refractivity contribution >= 4 is 28.5 Å². The van der Waals surface area contributed by atoms with E-state index >= 15 is 0 Å². The smallest absolute Gasteiger partial charge is 0.247 e. The van der Waals surface area contributed by atoms with Crippen molar-refractivity contribution in [1.29, 1.82) is 0 Å². The molecule has 178 valence electrons. The molecule has 6 nitrogen and oxygen atoms in total. The monoisotopic (exact) mass is 459 g/mol. The number of rotatable bonds is 5. The fraction of sp³-hybridized carbons (Fsp3) is 0.429. The van der Waals surface area contributed by atoms with Crippen LogP contribution in [0.3, 0.4) is 0 Å². The summed E-state index contributed by atoms with van der Waals surface area (Å²) < 4.78 is 5.42. The lowest BCUT2D eigenvalue weighted by Crippen LogP contribution is -2.48. The highest BCUT2D eigenvalue weighted by atomic mass is 16.3. The molecule has 1 aliphatic carbocycles. The first kappa shape index (κ1) is 22.7. The van der Waals surface area contributed by atoms with E-state index in [0.717, 1.165) is 48.6 Å². The van der Waals surface area contributed by atoms with Gasteiger partial charge in [0.1, 0.15) is 11.6 Å². The van der Waals surface area contributed by atoms with Gasteiger partial charge >= 0.3 is 0 Å². The predicted molar refractivity (Wildman–Crippen MR) is 133 cm³/mol. The van der Waals surface area contributed by atoms with Gasteiger partial charge in [0, 0.05) is 35.5 Å². The van der Waals surface area contributed by atoms with Crippen LogP contribution in [0.25, 0.3) is 11.0 Å². The van der Waals surface area contributed by atoms with E-state index in [2.05, 4.69) is 24.4 Å². The van der Waals surface area contributed by atoms with Crippen molar-refractivity contribution in [3.8, 4) is 0 Å². The number of hydrogen-bond donors (Lipinski definition) is 2. The molecule has 1 saturated carbocycles. The van der Waals surface area contributed by atoms with Crippen LogP contribution in [-0.4, -0.2) is 35.3 Å². The minimum Gasteiger partial charge on any atom is -0.464 e. The molecule has 2 amide bonds. The third-order valence-electron chi connectivity index (χ3n) is 7.76. The van der Waals surface area contributed by atoms with E-state index in [0.29, 0.717) is 18.2 Å². The van der Waals surface area contributed by atoms with Gasteiger partial charge in [-0.15, -0.1) is 0 Å². The van der Waals surface area contributed by atoms with Crippen LogP contribution in [0.1, 0.15) is 50.5 Å². The number of amides is 2. The summed E-state index contributed by atoms with van der Waals surface area (Å²) in [6, 6.07) is 17.2. The van der Waals surface area contributed by atoms with Gasteiger partial charge < -0.3 is 20.4 Å². The summed E-state index contributed by atoms with van der Waals surface area (Å²) >= 11 is 0. The molecule has 0 spiro atoms. The molecule has 3 N–H and O–H groups in total. The van der Waals surface area contributed by atoms with Gasteiger partial charge in [0.15, 0.2) is 0 Å². The molecule has 1 aromatic heterocycles. The van der Waals surface area contributed by atoms with Crippen molar-refractivity contribution in [1.82, 2.24) is 4.90 Å². The Morgan fingerprint density at radius 1 is 1.03 bits per heavy atom. The zero-order valence-corrected chi connectivity index (χ0v) is 19.7. The number of nitrogens with one attached hydrogen (secondary N) is 1. The number of nitrogens with two attached hydrogens (primary N) is 1. The Bertz CT molecular complexity index is 1150. The Labute approximate surface area is 200 Å². The Morgan fingerprint density at radius 3 is 2.53 bits per heavy atom. The number of hydrogen-bond acceptors (Lipinski definition) is 4. The van der Waals surface area contributed by atoms with Gasteiger partial charge in [-0.1, -0.05) is 30.3 Å². The highest BCUT2D eigenvalue weighted by molar-refractivity contribution is 6.00. The summed E-state index contributed by atoms with van der Waals surface area (Å²) in [4.78, 5) is 29.2. The summed E-state index contributed by atoms with van der Waals surface area (Å²) in [6.07, 6.45) is 6.08. The maximum absolute atomic E-state index is 13.7. The zero-order valence-electron chi connectivity index (χ0n) is 19.7. The van der Waals surface area contributed by atoms with E-state index in [9.17, 15) is 9.59 Å². The molecule has 1 saturated heterocycles. The van der Waals surface area contributed by atoms with Gasteiger partial charge in [-0.2, -0.15) is 0 Å². The highest BCUT2D eigenvalue weighted by Gasteiger charge is 2.44. The molecule has 3 aromatic rings. The fourth-order valence-electron chi connectivity index (χ4n) is 5.80. The summed E-state index contributed by atoms with van der Waals surface area (Å²) in [5.74, 6) is 0.417. The minimum atomic E-state index is -0.527. The molecule has 5 rings (SSSR count). The Balaban J connectivity index is 1.38. The van der Waals surface area contributed by atoms with Crippen LogP contribution < -0.4 is 11.1 Å². The number of anilines is 1. The normalized spacial score (nSPS) is 25.9. The van der Waals surface area contributed by atoms with Crippen molar-refractivity contribution in [3.63, 3.8) is 0 Å². The van der Waals surface area contributed by atoms with Crippen molar-refractivity contribution in [2.75, 3.05) is 11.9 Å². The molecule has 1 aliphatic heterocycles. The molecular formula is C28H33N3O3. The summed E-state index contributed by atoms with van der Waals surface area (Å²) in [5.41, 5.74) is 8.69. The molecule has 2 heterocycles. The number of fused-ring (bicyclic) bond motifs is 1. The topological polar surface area (TPSA) is 88.6 Å². The largest absolute Gasteiger partial charge is 0.464 e. The number of carbonyl (C=O) groups excluding carboxylic acids is 2. The Morgan fingerprint density at radius 2 is 1.79 bits per heavy atom. The molecule has 0 bridgehead atoms. The number of carbonyl (C=O) groups is 2. The predicted octanol–water partition coefficient (Wildman–Crippen LogP) is 4.91. The van der Waals surface area contributed by atoms with Gasteiger partial charge in [-0.3, -0.25) is 9.59 Å². The number of likely N-dealkylation sites (tertiary alicyclic amines) is 1. The van der Waals surface area contributed by atoms with Crippen molar-refractivity contribution < 1.29 is 14.0 Å². The SMILES string of the molecule is CC(N)C1CCC(C(=O)N2CCC(c3ccccc3)[C@H]2C(=O)Nc2ccc3occc3c2)CC1. The molecule has 34 heavy (non-hydrogen) atoms. The first-order valence-electron chi connectivity index (χ1n) is 12.4. The quantitative estimate of drug-likeness (QED) is 0.567. The third kappa shape index (κ3) is 4.47. The molecule has 0 radical (unpaired) electrons. The van der Waals surface area contributed by atoms with Gasteiger partial charge in [-0.25, -0.2) is 0 Å². The van der Waals surface area contributed by atoms with Crippen LogP contribution in [-0.2, 0) is 9.59 Å². The molecule has 2 fully saturated rings. The first-order valence-corrected chi connectivity index (χ1v) is 12.4. The molecular weight excluding hydrogens is 426 g/mol. The lowest BCUT2D eigenvalue weighted by atomic mass is 9.78. The average Bonchev–Trinajstić information content (AvgIpc) is 3.51. The van der Waals surface area contributed by atoms with E-state index in [1.54, 1.807) is 6.26 Å². The first-order chi connectivity index (χ1) is 16.5. The number of benzene rings is 2. The van der Waals surface area contributed by atoms with E-state index in [-0.39, 0.29) is 29.7 Å². The Kier molecular flexibility index (Phi) is 6.42. The lowest BCUT2D eigenvalue weighted by Gasteiger charge is -2.34. The van der Waals surface area contributed by atoms with E-state index in [1.165, 1.54) is 0 Å². The molecule has 6 heteroatoms. The van der Waals surface area contributed by atoms with Crippen molar-refractivity contribution in [3.05, 3.63) is 66.4 Å². The van der Waals surface area contributed by atoms with Gasteiger partial charge in [0.25, 0.3) is 0 Å². The number of nitrogens with zero attached hydrogens (tertiary/aromatic N) is 1. The highest BCUT2D eigenvalue weighted by Crippen LogP contribution is 2.38. The molecule has 2 aromatic carbocycles. The second kappa shape index (κ2) is 9.63. The van der Waals surface area contributed by atoms with Gasteiger partial charge in [0.2, 0.25) is 11.8 Å². The maximum atomic E-state index is 13.7. The Hall–Kier alpha value is -3.12. The van der Waals surface area contributed by atoms with Gasteiger partial charge in [-0.05, 0) is 74.8 Å². The second-order valence-corrected chi connectivity index (χ2v) is 9.92. The van der Waals surface area contributed by atoms with Crippen LogP contribution in [0.2, 0.25) is 0 Å². The standard InChI is InChI=1S/C28H33N3O3/c1-18(29)19-7-9-21(10-8-19)28(33)31-15-13-24(20-5-3-2-4-6-20)26(31)27(32)30-23-11-12-25-22(17-23)14-16-34-25/h2-6,11-12,14,16-19,21,24,26H,7-10,13,15,29H2,1H3,(H,30,32)/t18?,19?,21?,24?,26-/m0/s1. The van der Waals surface area contributed by atoms with E-state index in [4.69, 9.17) is 10.2 Å². The lowest BCUT2D eigenvalue weighted by molar-refractivity contribution is -0.141. The second-order valence-electron chi connectivity index (χ2n) is 9.92. The molecule has 3 atom stereocenters. The van der Waals surface area contributed by atoms with Crippen molar-refractivity contribution in [2.24, 2.45) is 17.6 Å². The number of furan rings is 1. The van der Waals surface area contributed by atoms with E-state index in [1.807, 2.05) is 47.4 Å². The van der Waals surface area contributed by atoms with Crippen LogP contribution in [0.4, 0.5) is 5.69 Å². The molecule has 2 unspecified atom stereocenters. The van der Waals surface area contributed by atoms with E-state index < -0.39 is 6.04 Å². The van der Waals surface area contributed by atoms with Crippen LogP contribution in [0.5, 0.6) is 0 Å². The van der Waals surface area contributed by atoms with Crippen molar-refractivity contribution in [2.45, 2.75) is 57.0 Å².